The minimum Gasteiger partial charge on any atom is -0.331 e. The lowest BCUT2D eigenvalue weighted by Crippen LogP contribution is -2.44. The zero-order valence-corrected chi connectivity index (χ0v) is 18.0. The van der Waals surface area contributed by atoms with Crippen molar-refractivity contribution in [2.24, 2.45) is 0 Å². The minimum atomic E-state index is -1.20. The number of nitrogens with one attached hydrogen (secondary N) is 1. The molecule has 1 N–H and O–H groups in total. The molecule has 2 fully saturated rings. The lowest BCUT2D eigenvalue weighted by molar-refractivity contribution is -0.139. The molecule has 0 spiro atoms. The van der Waals surface area contributed by atoms with Crippen molar-refractivity contribution < 1.29 is 14.4 Å². The van der Waals surface area contributed by atoms with Gasteiger partial charge in [0.1, 0.15) is 12.1 Å². The number of likely N-dealkylation sites (tertiary alicyclic amines) is 1. The van der Waals surface area contributed by atoms with Gasteiger partial charge in [0.25, 0.3) is 5.91 Å². The number of nitrogens with zero attached hydrogens (tertiary/aromatic N) is 5. The zero-order valence-electron chi connectivity index (χ0n) is 18.0. The van der Waals surface area contributed by atoms with Gasteiger partial charge >= 0.3 is 6.03 Å². The molecule has 1 aromatic carbocycles. The van der Waals surface area contributed by atoms with E-state index in [4.69, 9.17) is 0 Å². The van der Waals surface area contributed by atoms with Crippen LogP contribution in [0.3, 0.4) is 0 Å². The standard InChI is InChI=1S/C23H24N6O3/c1-15-8-10-16(11-9-15)23(2)21(31)29(22(32)24-23)14-19(30)27-13-5-6-17(27)20-26-25-18-7-3-4-12-28(18)20/h3-4,7-12,17H,5-6,13-14H2,1-2H3,(H,24,32). The van der Waals surface area contributed by atoms with E-state index in [0.29, 0.717) is 23.6 Å². The van der Waals surface area contributed by atoms with Crippen LogP contribution in [0.1, 0.15) is 42.8 Å². The molecule has 9 heteroatoms. The van der Waals surface area contributed by atoms with Crippen LogP contribution in [0, 0.1) is 6.92 Å². The highest BCUT2D eigenvalue weighted by atomic mass is 16.2. The largest absolute Gasteiger partial charge is 0.331 e. The first-order valence-corrected chi connectivity index (χ1v) is 10.7. The van der Waals surface area contributed by atoms with E-state index in [1.165, 1.54) is 0 Å². The molecule has 4 heterocycles. The Morgan fingerprint density at radius 2 is 1.94 bits per heavy atom. The number of urea groups is 1. The second-order valence-electron chi connectivity index (χ2n) is 8.54. The van der Waals surface area contributed by atoms with Crippen LogP contribution < -0.4 is 5.32 Å². The fourth-order valence-corrected chi connectivity index (χ4v) is 4.57. The van der Waals surface area contributed by atoms with Crippen LogP contribution in [0.25, 0.3) is 5.65 Å². The van der Waals surface area contributed by atoms with E-state index in [1.807, 2.05) is 60.0 Å². The van der Waals surface area contributed by atoms with E-state index in [2.05, 4.69) is 15.5 Å². The molecule has 2 aliphatic rings. The molecule has 2 aliphatic heterocycles. The molecule has 9 nitrogen and oxygen atoms in total. The van der Waals surface area contributed by atoms with Crippen LogP contribution in [0.15, 0.2) is 48.7 Å². The average Bonchev–Trinajstić information content (AvgIpc) is 3.48. The third-order valence-corrected chi connectivity index (χ3v) is 6.41. The molecular weight excluding hydrogens is 408 g/mol. The van der Waals surface area contributed by atoms with Gasteiger partial charge in [-0.1, -0.05) is 35.9 Å². The monoisotopic (exact) mass is 432 g/mol. The number of imide groups is 1. The van der Waals surface area contributed by atoms with Crippen molar-refractivity contribution in [2.75, 3.05) is 13.1 Å². The van der Waals surface area contributed by atoms with E-state index in [1.54, 1.807) is 11.8 Å². The van der Waals surface area contributed by atoms with Crippen LogP contribution in [-0.2, 0) is 15.1 Å². The maximum absolute atomic E-state index is 13.2. The first-order chi connectivity index (χ1) is 15.4. The molecule has 0 bridgehead atoms. The lowest BCUT2D eigenvalue weighted by Gasteiger charge is -2.26. The summed E-state index contributed by atoms with van der Waals surface area (Å²) in [5.41, 5.74) is 1.26. The van der Waals surface area contributed by atoms with Gasteiger partial charge in [-0.25, -0.2) is 4.79 Å². The normalized spacial score (nSPS) is 23.2. The number of hydrogen-bond donors (Lipinski definition) is 1. The highest BCUT2D eigenvalue weighted by Crippen LogP contribution is 2.33. The molecule has 5 rings (SSSR count). The van der Waals surface area contributed by atoms with Gasteiger partial charge in [0, 0.05) is 12.7 Å². The maximum atomic E-state index is 13.2. The van der Waals surface area contributed by atoms with Crippen LogP contribution in [-0.4, -0.2) is 55.3 Å². The highest BCUT2D eigenvalue weighted by Gasteiger charge is 2.50. The summed E-state index contributed by atoms with van der Waals surface area (Å²) in [6.07, 6.45) is 3.44. The fourth-order valence-electron chi connectivity index (χ4n) is 4.57. The number of pyridine rings is 1. The Bertz CT molecular complexity index is 1220. The Kier molecular flexibility index (Phi) is 4.69. The third-order valence-electron chi connectivity index (χ3n) is 6.41. The molecule has 164 valence electrons. The predicted molar refractivity (Wildman–Crippen MR) is 115 cm³/mol. The van der Waals surface area contributed by atoms with Gasteiger partial charge in [-0.15, -0.1) is 10.2 Å². The Balaban J connectivity index is 1.37. The summed E-state index contributed by atoms with van der Waals surface area (Å²) in [5.74, 6) is -0.0200. The fraction of sp³-hybridized carbons (Fsp3) is 0.348. The number of rotatable bonds is 4. The van der Waals surface area contributed by atoms with E-state index in [9.17, 15) is 14.4 Å². The van der Waals surface area contributed by atoms with Crippen molar-refractivity contribution in [3.8, 4) is 0 Å². The smallest absolute Gasteiger partial charge is 0.325 e. The molecule has 2 saturated heterocycles. The number of aryl methyl sites for hydroxylation is 1. The molecule has 32 heavy (non-hydrogen) atoms. The molecule has 4 amide bonds. The van der Waals surface area contributed by atoms with Crippen molar-refractivity contribution in [1.29, 1.82) is 0 Å². The number of amides is 4. The van der Waals surface area contributed by atoms with Gasteiger partial charge in [-0.05, 0) is 44.4 Å². The van der Waals surface area contributed by atoms with E-state index >= 15 is 0 Å². The highest BCUT2D eigenvalue weighted by molar-refractivity contribution is 6.09. The maximum Gasteiger partial charge on any atom is 0.325 e. The summed E-state index contributed by atoms with van der Waals surface area (Å²) in [7, 11) is 0. The van der Waals surface area contributed by atoms with E-state index in [-0.39, 0.29) is 18.5 Å². The SMILES string of the molecule is Cc1ccc(C2(C)NC(=O)N(CC(=O)N3CCCC3c3nnc4ccccn34)C2=O)cc1. The molecule has 0 radical (unpaired) electrons. The number of carbonyl (C=O) groups is 3. The quantitative estimate of drug-likeness (QED) is 0.637. The van der Waals surface area contributed by atoms with Crippen LogP contribution in [0.5, 0.6) is 0 Å². The van der Waals surface area contributed by atoms with Crippen molar-refractivity contribution in [2.45, 2.75) is 38.3 Å². The summed E-state index contributed by atoms with van der Waals surface area (Å²) in [6, 6.07) is 12.3. The zero-order chi connectivity index (χ0) is 22.5. The van der Waals surface area contributed by atoms with Gasteiger partial charge in [0.05, 0.1) is 6.04 Å². The third kappa shape index (κ3) is 3.12. The van der Waals surface area contributed by atoms with Crippen LogP contribution in [0.2, 0.25) is 0 Å². The minimum absolute atomic E-state index is 0.246. The van der Waals surface area contributed by atoms with Gasteiger partial charge in [-0.2, -0.15) is 0 Å². The molecule has 0 aliphatic carbocycles. The first-order valence-electron chi connectivity index (χ1n) is 10.7. The summed E-state index contributed by atoms with van der Waals surface area (Å²) in [4.78, 5) is 41.8. The predicted octanol–water partition coefficient (Wildman–Crippen LogP) is 2.17. The summed E-state index contributed by atoms with van der Waals surface area (Å²) >= 11 is 0. The number of fused-ring (bicyclic) bond motifs is 1. The van der Waals surface area contributed by atoms with Crippen molar-refractivity contribution in [3.05, 3.63) is 65.6 Å². The molecule has 3 aromatic rings. The van der Waals surface area contributed by atoms with Gasteiger partial charge in [0.15, 0.2) is 11.5 Å². The summed E-state index contributed by atoms with van der Waals surface area (Å²) in [6.45, 7) is 3.87. The van der Waals surface area contributed by atoms with Crippen LogP contribution >= 0.6 is 0 Å². The Morgan fingerprint density at radius 3 is 2.72 bits per heavy atom. The van der Waals surface area contributed by atoms with Gasteiger partial charge < -0.3 is 10.2 Å². The van der Waals surface area contributed by atoms with E-state index in [0.717, 1.165) is 23.3 Å². The van der Waals surface area contributed by atoms with Gasteiger partial charge in [-0.3, -0.25) is 18.9 Å². The Morgan fingerprint density at radius 1 is 1.16 bits per heavy atom. The first kappa shape index (κ1) is 20.2. The Hall–Kier alpha value is -3.75. The van der Waals surface area contributed by atoms with Crippen molar-refractivity contribution in [3.63, 3.8) is 0 Å². The average molecular weight is 432 g/mol. The molecule has 2 unspecified atom stereocenters. The number of hydrogen-bond acceptors (Lipinski definition) is 5. The molecule has 2 atom stereocenters. The molecular formula is C23H24N6O3. The molecule has 2 aromatic heterocycles. The number of benzene rings is 1. The second kappa shape index (κ2) is 7.44. The topological polar surface area (TPSA) is 99.9 Å². The number of carbonyl (C=O) groups excluding carboxylic acids is 3. The second-order valence-corrected chi connectivity index (χ2v) is 8.54. The van der Waals surface area contributed by atoms with E-state index < -0.39 is 17.5 Å². The summed E-state index contributed by atoms with van der Waals surface area (Å²) in [5, 5.41) is 11.3. The van der Waals surface area contributed by atoms with Crippen molar-refractivity contribution >= 4 is 23.5 Å². The Labute approximate surface area is 185 Å². The number of aromatic nitrogens is 3. The van der Waals surface area contributed by atoms with Crippen molar-refractivity contribution in [1.82, 2.24) is 29.7 Å². The lowest BCUT2D eigenvalue weighted by atomic mass is 9.91. The summed E-state index contributed by atoms with van der Waals surface area (Å²) < 4.78 is 1.87. The molecule has 0 saturated carbocycles. The van der Waals surface area contributed by atoms with Gasteiger partial charge in [0.2, 0.25) is 5.91 Å². The van der Waals surface area contributed by atoms with Crippen LogP contribution in [0.4, 0.5) is 4.79 Å².